The lowest BCUT2D eigenvalue weighted by atomic mass is 10.1. The Hall–Kier alpha value is -1.81. The largest absolute Gasteiger partial charge is 0.391 e. The molecule has 1 aliphatic rings. The predicted octanol–water partition coefficient (Wildman–Crippen LogP) is -1.54. The maximum atomic E-state index is 12.0. The van der Waals surface area contributed by atoms with E-state index in [2.05, 4.69) is 9.98 Å². The Morgan fingerprint density at radius 1 is 1.45 bits per heavy atom. The van der Waals surface area contributed by atoms with Gasteiger partial charge in [0.25, 0.3) is 0 Å². The Morgan fingerprint density at radius 2 is 2.14 bits per heavy atom. The van der Waals surface area contributed by atoms with Crippen molar-refractivity contribution in [2.24, 2.45) is 4.99 Å². The number of aliphatic hydroxyl groups is 3. The van der Waals surface area contributed by atoms with Crippen molar-refractivity contribution in [2.45, 2.75) is 37.6 Å². The molecule has 0 bridgehead atoms. The smallest absolute Gasteiger partial charge is 0.351 e. The molecule has 0 spiro atoms. The normalized spacial score (nSPS) is 29.9. The molecule has 122 valence electrons. The molecule has 1 unspecified atom stereocenters. The molecular weight excluding hydrogens is 292 g/mol. The Labute approximate surface area is 127 Å². The summed E-state index contributed by atoms with van der Waals surface area (Å²) in [5.41, 5.74) is -0.670. The molecule has 1 fully saturated rings. The zero-order valence-corrected chi connectivity index (χ0v) is 12.6. The van der Waals surface area contributed by atoms with Gasteiger partial charge in [-0.3, -0.25) is 4.57 Å². The summed E-state index contributed by atoms with van der Waals surface area (Å²) in [4.78, 5) is 21.5. The summed E-state index contributed by atoms with van der Waals surface area (Å²) in [6.45, 7) is 1.43. The molecule has 3 N–H and O–H groups in total. The van der Waals surface area contributed by atoms with Crippen LogP contribution in [0.5, 0.6) is 0 Å². The van der Waals surface area contributed by atoms with Gasteiger partial charge in [0.05, 0.1) is 12.4 Å². The highest BCUT2D eigenvalue weighted by Gasteiger charge is 2.46. The molecule has 9 heteroatoms. The lowest BCUT2D eigenvalue weighted by molar-refractivity contribution is -0.0803. The van der Waals surface area contributed by atoms with Crippen molar-refractivity contribution < 1.29 is 20.1 Å². The van der Waals surface area contributed by atoms with Crippen molar-refractivity contribution >= 4 is 12.2 Å². The number of ether oxygens (including phenoxy) is 1. The van der Waals surface area contributed by atoms with E-state index < -0.39 is 36.3 Å². The van der Waals surface area contributed by atoms with Crippen LogP contribution in [0.25, 0.3) is 0 Å². The van der Waals surface area contributed by atoms with Gasteiger partial charge in [-0.15, -0.1) is 0 Å². The van der Waals surface area contributed by atoms with Gasteiger partial charge in [-0.2, -0.15) is 4.98 Å². The highest BCUT2D eigenvalue weighted by molar-refractivity contribution is 5.58. The number of rotatable bonds is 4. The van der Waals surface area contributed by atoms with E-state index >= 15 is 0 Å². The molecule has 1 aromatic heterocycles. The van der Waals surface area contributed by atoms with Gasteiger partial charge in [0.2, 0.25) is 0 Å². The number of aromatic nitrogens is 2. The molecule has 0 radical (unpaired) electrons. The summed E-state index contributed by atoms with van der Waals surface area (Å²) in [6, 6.07) is 1.49. The van der Waals surface area contributed by atoms with Crippen LogP contribution in [0, 0.1) is 0 Å². The fraction of sp³-hybridized carbons (Fsp3) is 0.615. The van der Waals surface area contributed by atoms with E-state index in [9.17, 15) is 20.1 Å². The number of aliphatic imine (C=N–C) groups is 1. The first kappa shape index (κ1) is 16.6. The number of aliphatic hydroxyl groups excluding tert-OH is 3. The van der Waals surface area contributed by atoms with Gasteiger partial charge in [-0.25, -0.2) is 9.79 Å². The summed E-state index contributed by atoms with van der Waals surface area (Å²) < 4.78 is 6.44. The van der Waals surface area contributed by atoms with Gasteiger partial charge in [-0.1, -0.05) is 0 Å². The molecule has 1 aliphatic heterocycles. The lowest BCUT2D eigenvalue weighted by Crippen LogP contribution is -2.37. The molecular formula is C13H20N4O5. The first-order valence-corrected chi connectivity index (χ1v) is 6.80. The quantitative estimate of drug-likeness (QED) is 0.455. The van der Waals surface area contributed by atoms with Gasteiger partial charge in [0.15, 0.2) is 12.0 Å². The van der Waals surface area contributed by atoms with Crippen LogP contribution in [0.15, 0.2) is 22.1 Å². The lowest BCUT2D eigenvalue weighted by Gasteiger charge is -2.17. The van der Waals surface area contributed by atoms with Gasteiger partial charge >= 0.3 is 5.69 Å². The molecule has 0 aromatic carbocycles. The number of hydrogen-bond donors (Lipinski definition) is 3. The molecule has 2 rings (SSSR count). The van der Waals surface area contributed by atoms with Gasteiger partial charge in [-0.05, 0) is 13.0 Å². The maximum Gasteiger partial charge on any atom is 0.351 e. The van der Waals surface area contributed by atoms with E-state index in [1.165, 1.54) is 25.5 Å². The van der Waals surface area contributed by atoms with E-state index in [4.69, 9.17) is 4.74 Å². The van der Waals surface area contributed by atoms with Crippen LogP contribution >= 0.6 is 0 Å². The van der Waals surface area contributed by atoms with Crippen molar-refractivity contribution in [3.63, 3.8) is 0 Å². The third-order valence-corrected chi connectivity index (χ3v) is 3.26. The molecule has 1 aromatic rings. The highest BCUT2D eigenvalue weighted by Crippen LogP contribution is 2.30. The summed E-state index contributed by atoms with van der Waals surface area (Å²) >= 11 is 0. The fourth-order valence-corrected chi connectivity index (χ4v) is 2.16. The van der Waals surface area contributed by atoms with Crippen molar-refractivity contribution in [3.05, 3.63) is 22.7 Å². The van der Waals surface area contributed by atoms with Crippen LogP contribution in [0.2, 0.25) is 0 Å². The van der Waals surface area contributed by atoms with E-state index in [0.29, 0.717) is 0 Å². The number of hydrogen-bond acceptors (Lipinski definition) is 7. The van der Waals surface area contributed by atoms with Gasteiger partial charge in [0, 0.05) is 20.3 Å². The Kier molecular flexibility index (Phi) is 4.91. The van der Waals surface area contributed by atoms with Gasteiger partial charge in [0.1, 0.15) is 18.3 Å². The van der Waals surface area contributed by atoms with Crippen LogP contribution in [0.4, 0.5) is 5.82 Å². The minimum atomic E-state index is -1.34. The Balaban J connectivity index is 2.25. The maximum absolute atomic E-state index is 12.0. The first-order chi connectivity index (χ1) is 10.3. The van der Waals surface area contributed by atoms with Crippen molar-refractivity contribution in [2.75, 3.05) is 14.1 Å². The minimum Gasteiger partial charge on any atom is -0.391 e. The third kappa shape index (κ3) is 3.33. The molecule has 22 heavy (non-hydrogen) atoms. The summed E-state index contributed by atoms with van der Waals surface area (Å²) in [7, 11) is 3.57. The van der Waals surface area contributed by atoms with Crippen LogP contribution in [0.3, 0.4) is 0 Å². The second-order valence-electron chi connectivity index (χ2n) is 5.40. The standard InChI is InChI=1S/C13H20N4O5/c1-7(18)11-9(19)10(20)12(22-11)17-5-4-8(15-13(17)21)14-6-16(2)3/h4-7,9-12,18-20H,1-3H3/t7?,9-,10+,11+,12+/m0/s1. The Bertz CT molecular complexity index is 600. The van der Waals surface area contributed by atoms with Gasteiger partial charge < -0.3 is 25.0 Å². The summed E-state index contributed by atoms with van der Waals surface area (Å²) in [6.07, 6.45) is -2.82. The van der Waals surface area contributed by atoms with Crippen LogP contribution < -0.4 is 5.69 Å². The predicted molar refractivity (Wildman–Crippen MR) is 77.9 cm³/mol. The molecule has 0 aliphatic carbocycles. The molecule has 2 heterocycles. The van der Waals surface area contributed by atoms with Crippen molar-refractivity contribution in [3.8, 4) is 0 Å². The third-order valence-electron chi connectivity index (χ3n) is 3.26. The monoisotopic (exact) mass is 312 g/mol. The van der Waals surface area contributed by atoms with Crippen LogP contribution in [-0.4, -0.2) is 74.6 Å². The minimum absolute atomic E-state index is 0.218. The van der Waals surface area contributed by atoms with Crippen LogP contribution in [0.1, 0.15) is 13.2 Å². The highest BCUT2D eigenvalue weighted by atomic mass is 16.6. The Morgan fingerprint density at radius 3 is 2.64 bits per heavy atom. The second-order valence-corrected chi connectivity index (χ2v) is 5.40. The molecule has 9 nitrogen and oxygen atoms in total. The molecule has 0 saturated carbocycles. The zero-order valence-electron chi connectivity index (χ0n) is 12.6. The number of nitrogens with zero attached hydrogens (tertiary/aromatic N) is 4. The zero-order chi connectivity index (χ0) is 16.4. The first-order valence-electron chi connectivity index (χ1n) is 6.80. The van der Waals surface area contributed by atoms with E-state index in [1.54, 1.807) is 19.0 Å². The van der Waals surface area contributed by atoms with Crippen molar-refractivity contribution in [1.82, 2.24) is 14.5 Å². The van der Waals surface area contributed by atoms with E-state index in [0.717, 1.165) is 4.57 Å². The molecule has 0 amide bonds. The second kappa shape index (κ2) is 6.53. The average molecular weight is 312 g/mol. The topological polar surface area (TPSA) is 120 Å². The van der Waals surface area contributed by atoms with Crippen LogP contribution in [-0.2, 0) is 4.74 Å². The molecule has 1 saturated heterocycles. The molecule has 5 atom stereocenters. The summed E-state index contributed by atoms with van der Waals surface area (Å²) in [5.74, 6) is 0.218. The average Bonchev–Trinajstić information content (AvgIpc) is 2.73. The SMILES string of the molecule is CC(O)[C@H]1O[C@@H](n2ccc(N=CN(C)C)nc2=O)[C@H](O)[C@@H]1O. The fourth-order valence-electron chi connectivity index (χ4n) is 2.16. The van der Waals surface area contributed by atoms with E-state index in [-0.39, 0.29) is 5.82 Å². The van der Waals surface area contributed by atoms with E-state index in [1.807, 2.05) is 0 Å². The summed E-state index contributed by atoms with van der Waals surface area (Å²) in [5, 5.41) is 29.4. The van der Waals surface area contributed by atoms with Crippen molar-refractivity contribution in [1.29, 1.82) is 0 Å².